The fraction of sp³-hybridized carbons (Fsp3) is 0.467. The van der Waals surface area contributed by atoms with E-state index >= 15 is 0 Å². The van der Waals surface area contributed by atoms with Gasteiger partial charge in [-0.2, -0.15) is 0 Å². The first-order valence-electron chi connectivity index (χ1n) is 7.22. The molecule has 0 fully saturated rings. The fourth-order valence-electron chi connectivity index (χ4n) is 1.81. The van der Waals surface area contributed by atoms with Crippen molar-refractivity contribution in [3.63, 3.8) is 0 Å². The minimum Gasteiger partial charge on any atom is -0.508 e. The number of carbonyl (C=O) groups excluding carboxylic acids is 2. The van der Waals surface area contributed by atoms with Crippen LogP contribution in [-0.4, -0.2) is 53.6 Å². The lowest BCUT2D eigenvalue weighted by Gasteiger charge is -2.23. The summed E-state index contributed by atoms with van der Waals surface area (Å²) in [7, 11) is 0. The van der Waals surface area contributed by atoms with Crippen LogP contribution in [0.2, 0.25) is 0 Å². The smallest absolute Gasteiger partial charge is 0.412 e. The Labute approximate surface area is 134 Å². The van der Waals surface area contributed by atoms with Crippen molar-refractivity contribution in [2.24, 2.45) is 5.73 Å². The molecule has 0 aliphatic heterocycles. The summed E-state index contributed by atoms with van der Waals surface area (Å²) in [6, 6.07) is 6.13. The molecule has 0 spiro atoms. The zero-order valence-corrected chi connectivity index (χ0v) is 13.0. The summed E-state index contributed by atoms with van der Waals surface area (Å²) in [6.07, 6.45) is -1.65. The van der Waals surface area contributed by atoms with Gasteiger partial charge >= 0.3 is 12.1 Å². The zero-order valence-electron chi connectivity index (χ0n) is 13.0. The average molecular weight is 326 g/mol. The lowest BCUT2D eigenvalue weighted by atomic mass is 10.1. The predicted octanol–water partition coefficient (Wildman–Crippen LogP) is 0.734. The Bertz CT molecular complexity index is 522. The highest BCUT2D eigenvalue weighted by atomic mass is 16.7. The van der Waals surface area contributed by atoms with E-state index in [1.165, 1.54) is 17.0 Å². The monoisotopic (exact) mass is 326 g/mol. The molecule has 8 heteroatoms. The molecule has 8 nitrogen and oxygen atoms in total. The zero-order chi connectivity index (χ0) is 17.2. The van der Waals surface area contributed by atoms with E-state index in [2.05, 4.69) is 4.74 Å². The van der Waals surface area contributed by atoms with Crippen LogP contribution in [0.4, 0.5) is 4.79 Å². The van der Waals surface area contributed by atoms with Crippen molar-refractivity contribution >= 4 is 12.1 Å². The topological polar surface area (TPSA) is 122 Å². The molecule has 23 heavy (non-hydrogen) atoms. The molecule has 1 aromatic carbocycles. The van der Waals surface area contributed by atoms with Gasteiger partial charge in [0, 0.05) is 13.1 Å². The second-order valence-corrected chi connectivity index (χ2v) is 4.73. The predicted molar refractivity (Wildman–Crippen MR) is 81.4 cm³/mol. The van der Waals surface area contributed by atoms with E-state index in [4.69, 9.17) is 10.5 Å². The third-order valence-corrected chi connectivity index (χ3v) is 3.04. The number of aliphatic hydroxyl groups excluding tert-OH is 1. The quantitative estimate of drug-likeness (QED) is 0.475. The largest absolute Gasteiger partial charge is 0.508 e. The number of carbonyl (C=O) groups is 2. The summed E-state index contributed by atoms with van der Waals surface area (Å²) in [5.74, 6) is -0.526. The number of aromatic hydroxyl groups is 1. The number of benzene rings is 1. The molecule has 0 saturated carbocycles. The van der Waals surface area contributed by atoms with Gasteiger partial charge in [0.25, 0.3) is 0 Å². The normalized spacial score (nSPS) is 11.6. The molecule has 4 N–H and O–H groups in total. The van der Waals surface area contributed by atoms with Gasteiger partial charge in [0.2, 0.25) is 6.79 Å². The van der Waals surface area contributed by atoms with Crippen molar-refractivity contribution in [2.75, 3.05) is 26.4 Å². The Morgan fingerprint density at radius 3 is 2.70 bits per heavy atom. The highest BCUT2D eigenvalue weighted by Gasteiger charge is 2.19. The van der Waals surface area contributed by atoms with Crippen LogP contribution in [0.15, 0.2) is 24.3 Å². The van der Waals surface area contributed by atoms with E-state index in [1.54, 1.807) is 19.1 Å². The van der Waals surface area contributed by atoms with Crippen LogP contribution < -0.4 is 5.73 Å². The lowest BCUT2D eigenvalue weighted by Crippen LogP contribution is -2.35. The summed E-state index contributed by atoms with van der Waals surface area (Å²) in [5, 5.41) is 19.5. The molecule has 1 amide bonds. The molecule has 0 saturated heterocycles. The Balaban J connectivity index is 2.48. The van der Waals surface area contributed by atoms with Gasteiger partial charge in [-0.25, -0.2) is 4.79 Å². The highest BCUT2D eigenvalue weighted by molar-refractivity contribution is 5.70. The summed E-state index contributed by atoms with van der Waals surface area (Å²) in [5.41, 5.74) is 5.67. The van der Waals surface area contributed by atoms with Crippen molar-refractivity contribution in [1.82, 2.24) is 4.90 Å². The first-order chi connectivity index (χ1) is 11.0. The maximum Gasteiger partial charge on any atom is 0.412 e. The van der Waals surface area contributed by atoms with Crippen molar-refractivity contribution in [2.45, 2.75) is 19.4 Å². The molecule has 1 rings (SSSR count). The number of hydrogen-bond donors (Lipinski definition) is 3. The molecule has 1 unspecified atom stereocenters. The van der Waals surface area contributed by atoms with E-state index in [1.807, 2.05) is 0 Å². The second kappa shape index (κ2) is 9.65. The maximum atomic E-state index is 11.9. The van der Waals surface area contributed by atoms with Crippen LogP contribution in [0.3, 0.4) is 0 Å². The van der Waals surface area contributed by atoms with Crippen molar-refractivity contribution in [3.8, 4) is 5.75 Å². The number of rotatable bonds is 8. The number of ether oxygens (including phenoxy) is 2. The number of aliphatic hydroxyl groups is 1. The van der Waals surface area contributed by atoms with Crippen molar-refractivity contribution in [3.05, 3.63) is 29.8 Å². The van der Waals surface area contributed by atoms with Gasteiger partial charge in [-0.05, 0) is 24.6 Å². The van der Waals surface area contributed by atoms with E-state index in [-0.39, 0.29) is 25.3 Å². The first kappa shape index (κ1) is 18.7. The van der Waals surface area contributed by atoms with Gasteiger partial charge < -0.3 is 30.3 Å². The van der Waals surface area contributed by atoms with Gasteiger partial charge in [-0.1, -0.05) is 12.1 Å². The lowest BCUT2D eigenvalue weighted by molar-refractivity contribution is -0.152. The third kappa shape index (κ3) is 6.54. The van der Waals surface area contributed by atoms with Crippen molar-refractivity contribution < 1.29 is 29.3 Å². The van der Waals surface area contributed by atoms with Crippen LogP contribution in [-0.2, 0) is 14.3 Å². The standard InChI is InChI=1S/C15H22N2O6/c1-2-17(15(21)23-10-22-14(20)6-7-16)9-13(19)11-4-3-5-12(18)8-11/h3-5,8,13,18-19H,2,6-7,9-10,16H2,1H3. The molecular weight excluding hydrogens is 304 g/mol. The van der Waals surface area contributed by atoms with E-state index in [9.17, 15) is 19.8 Å². The average Bonchev–Trinajstić information content (AvgIpc) is 2.52. The number of amides is 1. The molecule has 128 valence electrons. The molecule has 1 atom stereocenters. The summed E-state index contributed by atoms with van der Waals surface area (Å²) >= 11 is 0. The number of phenolic OH excluding ortho intramolecular Hbond substituents is 1. The molecule has 0 aromatic heterocycles. The first-order valence-corrected chi connectivity index (χ1v) is 7.22. The minimum absolute atomic E-state index is 0.0183. The van der Waals surface area contributed by atoms with Gasteiger partial charge in [0.1, 0.15) is 5.75 Å². The Hall–Kier alpha value is -2.32. The van der Waals surface area contributed by atoms with Crippen molar-refractivity contribution in [1.29, 1.82) is 0 Å². The number of hydrogen-bond acceptors (Lipinski definition) is 7. The van der Waals surface area contributed by atoms with Gasteiger partial charge in [0.15, 0.2) is 0 Å². The Kier molecular flexibility index (Phi) is 7.86. The van der Waals surface area contributed by atoms with Crippen LogP contribution in [0, 0.1) is 0 Å². The van der Waals surface area contributed by atoms with Crippen LogP contribution in [0.1, 0.15) is 25.0 Å². The number of likely N-dealkylation sites (N-methyl/N-ethyl adjacent to an activating group) is 1. The van der Waals surface area contributed by atoms with Gasteiger partial charge in [0.05, 0.1) is 19.1 Å². The Morgan fingerprint density at radius 2 is 2.09 bits per heavy atom. The molecule has 0 radical (unpaired) electrons. The van der Waals surface area contributed by atoms with Crippen LogP contribution >= 0.6 is 0 Å². The number of phenols is 1. The maximum absolute atomic E-state index is 11.9. The number of nitrogens with zero attached hydrogens (tertiary/aromatic N) is 1. The number of esters is 1. The van der Waals surface area contributed by atoms with E-state index < -0.39 is 25.0 Å². The van der Waals surface area contributed by atoms with Crippen LogP contribution in [0.5, 0.6) is 5.75 Å². The molecule has 0 aliphatic carbocycles. The third-order valence-electron chi connectivity index (χ3n) is 3.04. The second-order valence-electron chi connectivity index (χ2n) is 4.73. The molecule has 0 heterocycles. The summed E-state index contributed by atoms with van der Waals surface area (Å²) < 4.78 is 9.48. The summed E-state index contributed by atoms with van der Waals surface area (Å²) in [4.78, 5) is 24.2. The van der Waals surface area contributed by atoms with Gasteiger partial charge in [-0.15, -0.1) is 0 Å². The Morgan fingerprint density at radius 1 is 1.35 bits per heavy atom. The van der Waals surface area contributed by atoms with E-state index in [0.717, 1.165) is 0 Å². The summed E-state index contributed by atoms with van der Waals surface area (Å²) in [6.45, 7) is 1.65. The fourth-order valence-corrected chi connectivity index (χ4v) is 1.81. The molecule has 1 aromatic rings. The molecular formula is C15H22N2O6. The van der Waals surface area contributed by atoms with E-state index in [0.29, 0.717) is 12.1 Å². The minimum atomic E-state index is -0.977. The number of nitrogens with two attached hydrogens (primary N) is 1. The van der Waals surface area contributed by atoms with Crippen LogP contribution in [0.25, 0.3) is 0 Å². The molecule has 0 aliphatic rings. The highest BCUT2D eigenvalue weighted by Crippen LogP contribution is 2.19. The van der Waals surface area contributed by atoms with Gasteiger partial charge in [-0.3, -0.25) is 4.79 Å². The SMILES string of the molecule is CCN(CC(O)c1cccc(O)c1)C(=O)OCOC(=O)CCN. The molecule has 0 bridgehead atoms.